The number of esters is 2. The molecule has 1 aromatic rings. The molecule has 0 aliphatic carbocycles. The van der Waals surface area contributed by atoms with E-state index in [1.165, 1.54) is 4.57 Å². The van der Waals surface area contributed by atoms with Gasteiger partial charge in [-0.25, -0.2) is 9.59 Å². The van der Waals surface area contributed by atoms with Crippen molar-refractivity contribution in [2.45, 2.75) is 20.8 Å². The van der Waals surface area contributed by atoms with Crippen molar-refractivity contribution >= 4 is 33.7 Å². The summed E-state index contributed by atoms with van der Waals surface area (Å²) in [7, 11) is 1.58. The number of ether oxygens (including phenoxy) is 2. The van der Waals surface area contributed by atoms with Gasteiger partial charge in [0.05, 0.1) is 23.4 Å². The van der Waals surface area contributed by atoms with E-state index in [0.717, 1.165) is 0 Å². The lowest BCUT2D eigenvalue weighted by Crippen LogP contribution is -2.21. The minimum atomic E-state index is -0.945. The SMILES string of the molecule is CCOC(=O)C(=O)c1c(C)c(C(=O)OCC)c(Br)n1C. The minimum absolute atomic E-state index is 0.110. The Labute approximate surface area is 125 Å². The normalized spacial score (nSPS) is 10.2. The summed E-state index contributed by atoms with van der Waals surface area (Å²) < 4.78 is 11.4. The molecule has 0 amide bonds. The summed E-state index contributed by atoms with van der Waals surface area (Å²) in [4.78, 5) is 35.5. The van der Waals surface area contributed by atoms with Gasteiger partial charge in [-0.3, -0.25) is 4.79 Å². The maximum Gasteiger partial charge on any atom is 0.381 e. The van der Waals surface area contributed by atoms with Crippen LogP contribution in [0.2, 0.25) is 0 Å². The molecular weight excluding hydrogens is 330 g/mol. The molecule has 0 aromatic carbocycles. The standard InChI is InChI=1S/C13H16BrNO5/c1-5-19-12(17)8-7(3)9(15(4)11(8)14)10(16)13(18)20-6-2/h5-6H2,1-4H3. The van der Waals surface area contributed by atoms with Gasteiger partial charge >= 0.3 is 11.9 Å². The van der Waals surface area contributed by atoms with Gasteiger partial charge < -0.3 is 14.0 Å². The molecule has 1 aromatic heterocycles. The van der Waals surface area contributed by atoms with Crippen LogP contribution in [-0.2, 0) is 21.3 Å². The molecule has 1 heterocycles. The fourth-order valence-electron chi connectivity index (χ4n) is 1.85. The predicted molar refractivity (Wildman–Crippen MR) is 74.8 cm³/mol. The fourth-order valence-corrected chi connectivity index (χ4v) is 2.48. The first kappa shape index (κ1) is 16.4. The molecule has 7 heteroatoms. The number of halogens is 1. The van der Waals surface area contributed by atoms with Crippen molar-refractivity contribution in [3.63, 3.8) is 0 Å². The minimum Gasteiger partial charge on any atom is -0.462 e. The van der Waals surface area contributed by atoms with Crippen molar-refractivity contribution in [1.82, 2.24) is 4.57 Å². The van der Waals surface area contributed by atoms with E-state index in [9.17, 15) is 14.4 Å². The lowest BCUT2D eigenvalue weighted by molar-refractivity contribution is -0.137. The molecule has 20 heavy (non-hydrogen) atoms. The Morgan fingerprint density at radius 3 is 2.20 bits per heavy atom. The fraction of sp³-hybridized carbons (Fsp3) is 0.462. The second kappa shape index (κ2) is 6.69. The third-order valence-corrected chi connectivity index (χ3v) is 3.65. The lowest BCUT2D eigenvalue weighted by Gasteiger charge is -2.04. The van der Waals surface area contributed by atoms with Crippen LogP contribution in [-0.4, -0.2) is 35.5 Å². The number of Topliss-reactive ketones (excluding diaryl/α,β-unsaturated/α-hetero) is 1. The van der Waals surface area contributed by atoms with Gasteiger partial charge in [0.1, 0.15) is 5.69 Å². The molecule has 0 saturated heterocycles. The van der Waals surface area contributed by atoms with E-state index >= 15 is 0 Å². The van der Waals surface area contributed by atoms with Crippen molar-refractivity contribution in [2.75, 3.05) is 13.2 Å². The number of ketones is 1. The summed E-state index contributed by atoms with van der Waals surface area (Å²) in [5, 5.41) is 0. The zero-order chi connectivity index (χ0) is 15.4. The van der Waals surface area contributed by atoms with E-state index in [-0.39, 0.29) is 24.5 Å². The van der Waals surface area contributed by atoms with Crippen molar-refractivity contribution < 1.29 is 23.9 Å². The topological polar surface area (TPSA) is 74.6 Å². The number of aromatic nitrogens is 1. The number of nitrogens with zero attached hydrogens (tertiary/aromatic N) is 1. The van der Waals surface area contributed by atoms with Crippen molar-refractivity contribution in [2.24, 2.45) is 7.05 Å². The first-order valence-corrected chi connectivity index (χ1v) is 6.89. The summed E-state index contributed by atoms with van der Waals surface area (Å²) >= 11 is 3.24. The molecule has 0 aliphatic heterocycles. The molecule has 0 spiro atoms. The third kappa shape index (κ3) is 2.92. The van der Waals surface area contributed by atoms with Crippen LogP contribution in [0.5, 0.6) is 0 Å². The number of carbonyl (C=O) groups is 3. The van der Waals surface area contributed by atoms with Gasteiger partial charge in [-0.05, 0) is 42.3 Å². The molecule has 110 valence electrons. The highest BCUT2D eigenvalue weighted by Gasteiger charge is 2.30. The molecule has 0 fully saturated rings. The van der Waals surface area contributed by atoms with Gasteiger partial charge in [0.2, 0.25) is 0 Å². The molecule has 0 unspecified atom stereocenters. The van der Waals surface area contributed by atoms with Gasteiger partial charge in [-0.15, -0.1) is 0 Å². The van der Waals surface area contributed by atoms with Crippen molar-refractivity contribution in [1.29, 1.82) is 0 Å². The Morgan fingerprint density at radius 2 is 1.70 bits per heavy atom. The Morgan fingerprint density at radius 1 is 1.15 bits per heavy atom. The second-order valence-corrected chi connectivity index (χ2v) is 4.72. The first-order chi connectivity index (χ1) is 9.36. The van der Waals surface area contributed by atoms with Gasteiger partial charge in [0.15, 0.2) is 0 Å². The maximum absolute atomic E-state index is 12.1. The molecule has 0 aliphatic rings. The molecule has 0 N–H and O–H groups in total. The third-order valence-electron chi connectivity index (χ3n) is 2.72. The van der Waals surface area contributed by atoms with Crippen LogP contribution in [0.15, 0.2) is 4.60 Å². The summed E-state index contributed by atoms with van der Waals surface area (Å²) in [6.07, 6.45) is 0. The molecule has 0 atom stereocenters. The van der Waals surface area contributed by atoms with E-state index in [4.69, 9.17) is 9.47 Å². The number of carbonyl (C=O) groups excluding carboxylic acids is 3. The maximum atomic E-state index is 12.1. The van der Waals surface area contributed by atoms with E-state index in [0.29, 0.717) is 10.2 Å². The van der Waals surface area contributed by atoms with Crippen molar-refractivity contribution in [3.8, 4) is 0 Å². The van der Waals surface area contributed by atoms with Crippen LogP contribution in [0.25, 0.3) is 0 Å². The van der Waals surface area contributed by atoms with Crippen molar-refractivity contribution in [3.05, 3.63) is 21.4 Å². The molecule has 0 bridgehead atoms. The van der Waals surface area contributed by atoms with Crippen LogP contribution in [0.3, 0.4) is 0 Å². The Kier molecular flexibility index (Phi) is 5.50. The van der Waals surface area contributed by atoms with Crippen LogP contribution in [0.4, 0.5) is 0 Å². The van der Waals surface area contributed by atoms with Gasteiger partial charge in [0.25, 0.3) is 5.78 Å². The van der Waals surface area contributed by atoms with E-state index in [1.54, 1.807) is 27.8 Å². The van der Waals surface area contributed by atoms with Crippen LogP contribution >= 0.6 is 15.9 Å². The highest BCUT2D eigenvalue weighted by Crippen LogP contribution is 2.27. The van der Waals surface area contributed by atoms with Crippen LogP contribution in [0.1, 0.15) is 40.3 Å². The molecule has 0 saturated carbocycles. The number of rotatable bonds is 5. The highest BCUT2D eigenvalue weighted by atomic mass is 79.9. The van der Waals surface area contributed by atoms with Gasteiger partial charge in [-0.2, -0.15) is 0 Å². The van der Waals surface area contributed by atoms with E-state index < -0.39 is 17.7 Å². The van der Waals surface area contributed by atoms with E-state index in [2.05, 4.69) is 15.9 Å². The zero-order valence-electron chi connectivity index (χ0n) is 11.8. The number of hydrogen-bond acceptors (Lipinski definition) is 5. The largest absolute Gasteiger partial charge is 0.462 e. The highest BCUT2D eigenvalue weighted by molar-refractivity contribution is 9.10. The molecule has 1 rings (SSSR count). The first-order valence-electron chi connectivity index (χ1n) is 6.10. The van der Waals surface area contributed by atoms with Crippen LogP contribution < -0.4 is 0 Å². The summed E-state index contributed by atoms with van der Waals surface area (Å²) in [6.45, 7) is 5.22. The summed E-state index contributed by atoms with van der Waals surface area (Å²) in [5.41, 5.74) is 0.733. The summed E-state index contributed by atoms with van der Waals surface area (Å²) in [5.74, 6) is -2.28. The predicted octanol–water partition coefficient (Wildman–Crippen LogP) is 2.02. The zero-order valence-corrected chi connectivity index (χ0v) is 13.4. The molecule has 6 nitrogen and oxygen atoms in total. The smallest absolute Gasteiger partial charge is 0.381 e. The average molecular weight is 346 g/mol. The Bertz CT molecular complexity index is 562. The molecule has 0 radical (unpaired) electrons. The van der Waals surface area contributed by atoms with Gasteiger partial charge in [0, 0.05) is 7.05 Å². The molecular formula is C13H16BrNO5. The second-order valence-electron chi connectivity index (χ2n) is 3.97. The lowest BCUT2D eigenvalue weighted by atomic mass is 10.1. The average Bonchev–Trinajstić information content (AvgIpc) is 2.60. The van der Waals surface area contributed by atoms with Gasteiger partial charge in [-0.1, -0.05) is 0 Å². The number of hydrogen-bond donors (Lipinski definition) is 0. The quantitative estimate of drug-likeness (QED) is 0.463. The Balaban J connectivity index is 3.30. The van der Waals surface area contributed by atoms with E-state index in [1.807, 2.05) is 0 Å². The monoisotopic (exact) mass is 345 g/mol. The van der Waals surface area contributed by atoms with Crippen LogP contribution in [0, 0.1) is 6.92 Å². The Hall–Kier alpha value is -1.63. The summed E-state index contributed by atoms with van der Waals surface area (Å²) in [6, 6.07) is 0.